The number of hydrogen-bond donors (Lipinski definition) is 0. The number of carbonyl (C=O) groups is 1. The number of amides is 1. The maximum atomic E-state index is 13.0. The Bertz CT molecular complexity index is 1160. The standard InChI is InChI=1S/C19H16ClN3O3S3/c1-3-23-17(24)16(18-22(2)14-6-4-5-7-15(14)27-18)28-19(23)21-29(25,26)13-10-8-12(20)9-11-13/h4-11H,3H2,1-2H3. The van der Waals surface area contributed by atoms with E-state index in [0.717, 1.165) is 27.4 Å². The van der Waals surface area contributed by atoms with Crippen LogP contribution in [0.15, 0.2) is 72.7 Å². The van der Waals surface area contributed by atoms with E-state index in [4.69, 9.17) is 11.6 Å². The zero-order valence-corrected chi connectivity index (χ0v) is 18.7. The van der Waals surface area contributed by atoms with Crippen molar-refractivity contribution < 1.29 is 13.2 Å². The van der Waals surface area contributed by atoms with E-state index in [1.165, 1.54) is 40.9 Å². The number of rotatable bonds is 3. The number of halogens is 1. The third-order valence-electron chi connectivity index (χ3n) is 4.42. The molecule has 0 radical (unpaired) electrons. The molecule has 29 heavy (non-hydrogen) atoms. The molecule has 2 heterocycles. The number of benzene rings is 2. The summed E-state index contributed by atoms with van der Waals surface area (Å²) in [6.07, 6.45) is 0. The maximum Gasteiger partial charge on any atom is 0.284 e. The van der Waals surface area contributed by atoms with Gasteiger partial charge in [-0.25, -0.2) is 0 Å². The summed E-state index contributed by atoms with van der Waals surface area (Å²) in [5.74, 6) is -0.246. The minimum atomic E-state index is -3.97. The van der Waals surface area contributed by atoms with Crippen LogP contribution in [0, 0.1) is 0 Å². The Kier molecular flexibility index (Phi) is 5.41. The number of thioether (sulfide) groups is 2. The Morgan fingerprint density at radius 3 is 2.41 bits per heavy atom. The van der Waals surface area contributed by atoms with Gasteiger partial charge in [-0.05, 0) is 55.1 Å². The fourth-order valence-electron chi connectivity index (χ4n) is 2.94. The number of amidine groups is 1. The van der Waals surface area contributed by atoms with Crippen molar-refractivity contribution in [3.8, 4) is 0 Å². The molecule has 0 N–H and O–H groups in total. The van der Waals surface area contributed by atoms with Gasteiger partial charge in [0.2, 0.25) is 0 Å². The highest BCUT2D eigenvalue weighted by Crippen LogP contribution is 2.49. The minimum Gasteiger partial charge on any atom is -0.337 e. The molecule has 2 aromatic rings. The predicted molar refractivity (Wildman–Crippen MR) is 119 cm³/mol. The first-order valence-electron chi connectivity index (χ1n) is 8.67. The van der Waals surface area contributed by atoms with Crippen molar-refractivity contribution in [1.82, 2.24) is 4.90 Å². The van der Waals surface area contributed by atoms with Crippen LogP contribution in [-0.2, 0) is 14.8 Å². The summed E-state index contributed by atoms with van der Waals surface area (Å²) in [5, 5.41) is 1.36. The SMILES string of the molecule is CCN1C(=O)C(=C2Sc3ccccc3N2C)SC1=NS(=O)(=O)c1ccc(Cl)cc1. The number of fused-ring (bicyclic) bond motifs is 1. The molecule has 2 aliphatic rings. The summed E-state index contributed by atoms with van der Waals surface area (Å²) in [4.78, 5) is 17.9. The second-order valence-electron chi connectivity index (χ2n) is 6.22. The average Bonchev–Trinajstić information content (AvgIpc) is 3.18. The monoisotopic (exact) mass is 465 g/mol. The molecule has 0 spiro atoms. The van der Waals surface area contributed by atoms with Crippen LogP contribution in [0.2, 0.25) is 5.02 Å². The number of anilines is 1. The van der Waals surface area contributed by atoms with E-state index in [9.17, 15) is 13.2 Å². The van der Waals surface area contributed by atoms with Crippen LogP contribution in [0.25, 0.3) is 0 Å². The molecule has 0 saturated carbocycles. The third-order valence-corrected chi connectivity index (χ3v) is 8.50. The first-order valence-corrected chi connectivity index (χ1v) is 12.1. The molecule has 150 valence electrons. The van der Waals surface area contributed by atoms with E-state index in [0.29, 0.717) is 16.5 Å². The Morgan fingerprint density at radius 1 is 1.07 bits per heavy atom. The van der Waals surface area contributed by atoms with Crippen LogP contribution in [0.3, 0.4) is 0 Å². The van der Waals surface area contributed by atoms with E-state index < -0.39 is 10.0 Å². The number of nitrogens with zero attached hydrogens (tertiary/aromatic N) is 3. The van der Waals surface area contributed by atoms with Crippen molar-refractivity contribution in [3.63, 3.8) is 0 Å². The van der Waals surface area contributed by atoms with Crippen LogP contribution >= 0.6 is 35.1 Å². The van der Waals surface area contributed by atoms with Crippen molar-refractivity contribution in [2.75, 3.05) is 18.5 Å². The van der Waals surface area contributed by atoms with Gasteiger partial charge in [-0.1, -0.05) is 35.5 Å². The maximum absolute atomic E-state index is 13.0. The van der Waals surface area contributed by atoms with Crippen molar-refractivity contribution >= 4 is 61.9 Å². The number of likely N-dealkylation sites (N-methyl/N-ethyl adjacent to an activating group) is 1. The van der Waals surface area contributed by atoms with Gasteiger partial charge in [0.25, 0.3) is 15.9 Å². The van der Waals surface area contributed by atoms with Crippen molar-refractivity contribution in [3.05, 3.63) is 63.5 Å². The molecule has 0 unspecified atom stereocenters. The van der Waals surface area contributed by atoms with E-state index in [-0.39, 0.29) is 16.0 Å². The summed E-state index contributed by atoms with van der Waals surface area (Å²) < 4.78 is 29.4. The Morgan fingerprint density at radius 2 is 1.76 bits per heavy atom. The summed E-state index contributed by atoms with van der Waals surface area (Å²) in [6.45, 7) is 2.11. The second kappa shape index (κ2) is 7.71. The van der Waals surface area contributed by atoms with Gasteiger partial charge in [0, 0.05) is 23.5 Å². The predicted octanol–water partition coefficient (Wildman–Crippen LogP) is 4.39. The molecule has 0 bridgehead atoms. The summed E-state index contributed by atoms with van der Waals surface area (Å²) >= 11 is 8.42. The molecule has 0 aromatic heterocycles. The molecular formula is C19H16ClN3O3S3. The quantitative estimate of drug-likeness (QED) is 0.626. The van der Waals surface area contributed by atoms with Gasteiger partial charge in [-0.15, -0.1) is 4.40 Å². The molecular weight excluding hydrogens is 450 g/mol. The zero-order valence-electron chi connectivity index (χ0n) is 15.5. The van der Waals surface area contributed by atoms with Gasteiger partial charge in [0.05, 0.1) is 15.6 Å². The number of para-hydroxylation sites is 1. The molecule has 1 fully saturated rings. The molecule has 10 heteroatoms. The van der Waals surface area contributed by atoms with E-state index in [1.54, 1.807) is 6.92 Å². The minimum absolute atomic E-state index is 0.0272. The first-order chi connectivity index (χ1) is 13.8. The molecule has 0 atom stereocenters. The van der Waals surface area contributed by atoms with E-state index in [1.807, 2.05) is 36.2 Å². The third kappa shape index (κ3) is 3.68. The van der Waals surface area contributed by atoms with Gasteiger partial charge in [-0.3, -0.25) is 9.69 Å². The Balaban J connectivity index is 1.73. The van der Waals surface area contributed by atoms with Crippen LogP contribution < -0.4 is 4.90 Å². The highest BCUT2D eigenvalue weighted by molar-refractivity contribution is 8.19. The van der Waals surface area contributed by atoms with E-state index >= 15 is 0 Å². The van der Waals surface area contributed by atoms with Gasteiger partial charge in [0.1, 0.15) is 4.91 Å². The molecule has 4 rings (SSSR count). The van der Waals surface area contributed by atoms with Crippen molar-refractivity contribution in [1.29, 1.82) is 0 Å². The lowest BCUT2D eigenvalue weighted by Crippen LogP contribution is -2.30. The lowest BCUT2D eigenvalue weighted by Gasteiger charge is -2.15. The fraction of sp³-hybridized carbons (Fsp3) is 0.158. The molecule has 1 amide bonds. The normalized spacial score (nSPS) is 20.7. The molecule has 0 aliphatic carbocycles. The second-order valence-corrected chi connectivity index (χ2v) is 10.3. The summed E-state index contributed by atoms with van der Waals surface area (Å²) in [5.41, 5.74) is 1.01. The van der Waals surface area contributed by atoms with Gasteiger partial charge >= 0.3 is 0 Å². The van der Waals surface area contributed by atoms with Crippen LogP contribution in [0.4, 0.5) is 5.69 Å². The summed E-state index contributed by atoms with van der Waals surface area (Å²) in [7, 11) is -2.08. The summed E-state index contributed by atoms with van der Waals surface area (Å²) in [6, 6.07) is 13.6. The zero-order chi connectivity index (χ0) is 20.8. The van der Waals surface area contributed by atoms with Crippen molar-refractivity contribution in [2.24, 2.45) is 4.40 Å². The topological polar surface area (TPSA) is 70.1 Å². The highest BCUT2D eigenvalue weighted by atomic mass is 35.5. The average molecular weight is 466 g/mol. The van der Waals surface area contributed by atoms with Gasteiger partial charge < -0.3 is 4.90 Å². The van der Waals surface area contributed by atoms with Crippen LogP contribution in [0.1, 0.15) is 6.92 Å². The Labute approximate surface area is 182 Å². The molecule has 6 nitrogen and oxygen atoms in total. The van der Waals surface area contributed by atoms with Crippen LogP contribution in [-0.4, -0.2) is 38.0 Å². The lowest BCUT2D eigenvalue weighted by molar-refractivity contribution is -0.122. The number of carbonyl (C=O) groups excluding carboxylic acids is 1. The number of hydrogen-bond acceptors (Lipinski definition) is 6. The number of sulfonamides is 1. The lowest BCUT2D eigenvalue weighted by atomic mass is 10.3. The van der Waals surface area contributed by atoms with Crippen molar-refractivity contribution in [2.45, 2.75) is 16.7 Å². The Hall–Kier alpha value is -1.94. The van der Waals surface area contributed by atoms with Gasteiger partial charge in [-0.2, -0.15) is 8.42 Å². The van der Waals surface area contributed by atoms with E-state index in [2.05, 4.69) is 4.40 Å². The highest BCUT2D eigenvalue weighted by Gasteiger charge is 2.39. The largest absolute Gasteiger partial charge is 0.337 e. The molecule has 2 aromatic carbocycles. The van der Waals surface area contributed by atoms with Gasteiger partial charge in [0.15, 0.2) is 5.17 Å². The fourth-order valence-corrected chi connectivity index (χ4v) is 6.66. The van der Waals surface area contributed by atoms with Crippen LogP contribution in [0.5, 0.6) is 0 Å². The molecule has 2 aliphatic heterocycles. The first kappa shape index (κ1) is 20.3. The molecule has 1 saturated heterocycles. The smallest absolute Gasteiger partial charge is 0.284 e.